The minimum absolute atomic E-state index is 0.0293. The summed E-state index contributed by atoms with van der Waals surface area (Å²) in [5.41, 5.74) is 8.91. The molecule has 182 valence electrons. The number of nitrogens with zero attached hydrogens (tertiary/aromatic N) is 3. The molecule has 1 aliphatic heterocycles. The van der Waals surface area contributed by atoms with E-state index in [9.17, 15) is 4.79 Å². The molecule has 1 aromatic carbocycles. The highest BCUT2D eigenvalue weighted by molar-refractivity contribution is 5.81. The van der Waals surface area contributed by atoms with Crippen molar-refractivity contribution in [2.75, 3.05) is 13.1 Å². The molecule has 4 rings (SSSR count). The first kappa shape index (κ1) is 26.5. The number of benzene rings is 1. The third kappa shape index (κ3) is 6.89. The van der Waals surface area contributed by atoms with E-state index in [1.807, 2.05) is 35.4 Å². The van der Waals surface area contributed by atoms with E-state index in [-0.39, 0.29) is 11.3 Å². The van der Waals surface area contributed by atoms with Crippen molar-refractivity contribution >= 4 is 23.5 Å². The summed E-state index contributed by atoms with van der Waals surface area (Å²) in [6, 6.07) is 16.1. The molecule has 0 radical (unpaired) electrons. The van der Waals surface area contributed by atoms with Gasteiger partial charge in [-0.2, -0.15) is 0 Å². The highest BCUT2D eigenvalue weighted by atomic mass is 16.4. The van der Waals surface area contributed by atoms with Crippen LogP contribution in [-0.2, 0) is 19.8 Å². The second-order valence-corrected chi connectivity index (χ2v) is 8.19. The molecule has 0 aliphatic carbocycles. The van der Waals surface area contributed by atoms with Gasteiger partial charge in [-0.25, -0.2) is 4.98 Å². The van der Waals surface area contributed by atoms with Crippen LogP contribution >= 0.6 is 0 Å². The molecule has 0 bridgehead atoms. The van der Waals surface area contributed by atoms with Crippen molar-refractivity contribution in [3.63, 3.8) is 0 Å². The molecule has 34 heavy (non-hydrogen) atoms. The predicted octanol–water partition coefficient (Wildman–Crippen LogP) is 2.77. The summed E-state index contributed by atoms with van der Waals surface area (Å²) >= 11 is 0. The molecule has 1 atom stereocenters. The van der Waals surface area contributed by atoms with Gasteiger partial charge in [0.2, 0.25) is 5.91 Å². The van der Waals surface area contributed by atoms with Crippen molar-refractivity contribution in [3.8, 4) is 0 Å². The van der Waals surface area contributed by atoms with Crippen LogP contribution in [0.15, 0.2) is 60.9 Å². The van der Waals surface area contributed by atoms with Gasteiger partial charge in [0, 0.05) is 44.7 Å². The SMILES string of the molecule is CC(=O)O.CC(=O)O.CC(N)C(=O)N1CCC(c2ccccc2)(c2cn3ccccc3n2)CC1. The van der Waals surface area contributed by atoms with Gasteiger partial charge in [0.25, 0.3) is 11.9 Å². The van der Waals surface area contributed by atoms with Crippen molar-refractivity contribution in [1.29, 1.82) is 0 Å². The number of aliphatic carboxylic acids is 2. The Bertz CT molecular complexity index is 1050. The van der Waals surface area contributed by atoms with Gasteiger partial charge in [-0.15, -0.1) is 0 Å². The second-order valence-electron chi connectivity index (χ2n) is 8.19. The highest BCUT2D eigenvalue weighted by Gasteiger charge is 2.41. The first-order valence-electron chi connectivity index (χ1n) is 11.0. The van der Waals surface area contributed by atoms with E-state index in [0.29, 0.717) is 13.1 Å². The Hall–Kier alpha value is -3.72. The summed E-state index contributed by atoms with van der Waals surface area (Å²) in [4.78, 5) is 37.1. The molecule has 1 aliphatic rings. The minimum atomic E-state index is -0.833. The van der Waals surface area contributed by atoms with Gasteiger partial charge in [-0.05, 0) is 37.5 Å². The van der Waals surface area contributed by atoms with E-state index >= 15 is 0 Å². The summed E-state index contributed by atoms with van der Waals surface area (Å²) in [5, 5.41) is 14.8. The fourth-order valence-electron chi connectivity index (χ4n) is 4.01. The number of nitrogens with two attached hydrogens (primary N) is 1. The molecule has 1 saturated heterocycles. The molecule has 1 fully saturated rings. The molecular formula is C25H32N4O5. The number of piperidine rings is 1. The van der Waals surface area contributed by atoms with Crippen LogP contribution in [0.3, 0.4) is 0 Å². The lowest BCUT2D eigenvalue weighted by molar-refractivity contribution is -0.135. The number of carboxylic acids is 2. The van der Waals surface area contributed by atoms with E-state index in [0.717, 1.165) is 38.0 Å². The fraction of sp³-hybridized carbons (Fsp3) is 0.360. The predicted molar refractivity (Wildman–Crippen MR) is 128 cm³/mol. The highest BCUT2D eigenvalue weighted by Crippen LogP contribution is 2.41. The number of amides is 1. The van der Waals surface area contributed by atoms with E-state index in [2.05, 4.69) is 34.9 Å². The van der Waals surface area contributed by atoms with Crippen LogP contribution in [0.4, 0.5) is 0 Å². The van der Waals surface area contributed by atoms with Gasteiger partial charge in [0.15, 0.2) is 0 Å². The van der Waals surface area contributed by atoms with Crippen LogP contribution in [0.5, 0.6) is 0 Å². The maximum Gasteiger partial charge on any atom is 0.300 e. The molecular weight excluding hydrogens is 436 g/mol. The Balaban J connectivity index is 0.000000446. The van der Waals surface area contributed by atoms with Gasteiger partial charge in [0.05, 0.1) is 11.7 Å². The Labute approximate surface area is 198 Å². The van der Waals surface area contributed by atoms with E-state index in [1.54, 1.807) is 6.92 Å². The Morgan fingerprint density at radius 3 is 2.00 bits per heavy atom. The number of hydrogen-bond donors (Lipinski definition) is 3. The third-order valence-electron chi connectivity index (χ3n) is 5.50. The number of pyridine rings is 1. The zero-order valence-electron chi connectivity index (χ0n) is 19.7. The molecule has 4 N–H and O–H groups in total. The van der Waals surface area contributed by atoms with Gasteiger partial charge >= 0.3 is 0 Å². The fourth-order valence-corrected chi connectivity index (χ4v) is 4.01. The summed E-state index contributed by atoms with van der Waals surface area (Å²) in [6.45, 7) is 5.32. The standard InChI is InChI=1S/C21H24N4O.2C2H4O2/c1-16(22)20(26)24-13-10-21(11-14-24,17-7-3-2-4-8-17)18-15-25-12-6-5-9-19(25)23-18;2*1-2(3)4/h2-9,12,15-16H,10-11,13-14,22H2,1H3;2*1H3,(H,3,4). The lowest BCUT2D eigenvalue weighted by Crippen LogP contribution is -2.50. The molecule has 2 aromatic heterocycles. The second kappa shape index (κ2) is 11.9. The Morgan fingerprint density at radius 1 is 0.971 bits per heavy atom. The Morgan fingerprint density at radius 2 is 1.50 bits per heavy atom. The quantitative estimate of drug-likeness (QED) is 0.537. The maximum atomic E-state index is 12.3. The topological polar surface area (TPSA) is 138 Å². The summed E-state index contributed by atoms with van der Waals surface area (Å²) < 4.78 is 2.07. The number of imidazole rings is 1. The molecule has 9 heteroatoms. The largest absolute Gasteiger partial charge is 0.481 e. The van der Waals surface area contributed by atoms with Crippen LogP contribution < -0.4 is 5.73 Å². The van der Waals surface area contributed by atoms with Gasteiger partial charge in [0.1, 0.15) is 5.65 Å². The molecule has 0 saturated carbocycles. The molecule has 9 nitrogen and oxygen atoms in total. The number of likely N-dealkylation sites (tertiary alicyclic amines) is 1. The monoisotopic (exact) mass is 468 g/mol. The average Bonchev–Trinajstić information content (AvgIpc) is 3.23. The lowest BCUT2D eigenvalue weighted by atomic mass is 9.70. The summed E-state index contributed by atoms with van der Waals surface area (Å²) in [7, 11) is 0. The van der Waals surface area contributed by atoms with Crippen molar-refractivity contribution in [3.05, 3.63) is 72.2 Å². The zero-order chi connectivity index (χ0) is 25.3. The van der Waals surface area contributed by atoms with Gasteiger partial charge in [-0.3, -0.25) is 14.4 Å². The van der Waals surface area contributed by atoms with Crippen LogP contribution in [-0.4, -0.2) is 61.5 Å². The smallest absolute Gasteiger partial charge is 0.300 e. The van der Waals surface area contributed by atoms with E-state index in [4.69, 9.17) is 30.5 Å². The molecule has 3 heterocycles. The number of fused-ring (bicyclic) bond motifs is 1. The van der Waals surface area contributed by atoms with Crippen molar-refractivity contribution in [2.45, 2.75) is 45.1 Å². The normalized spacial score (nSPS) is 15.2. The van der Waals surface area contributed by atoms with Gasteiger partial charge in [-0.1, -0.05) is 36.4 Å². The summed E-state index contributed by atoms with van der Waals surface area (Å²) in [6.07, 6.45) is 5.85. The number of hydrogen-bond acceptors (Lipinski definition) is 5. The Kier molecular flexibility index (Phi) is 9.32. The first-order chi connectivity index (χ1) is 16.1. The van der Waals surface area contributed by atoms with Crippen LogP contribution in [0.2, 0.25) is 0 Å². The third-order valence-corrected chi connectivity index (χ3v) is 5.50. The van der Waals surface area contributed by atoms with Crippen molar-refractivity contribution < 1.29 is 24.6 Å². The molecule has 3 aromatic rings. The van der Waals surface area contributed by atoms with Crippen LogP contribution in [0, 0.1) is 0 Å². The zero-order valence-corrected chi connectivity index (χ0v) is 19.7. The first-order valence-corrected chi connectivity index (χ1v) is 11.0. The summed E-state index contributed by atoms with van der Waals surface area (Å²) in [5.74, 6) is -1.64. The maximum absolute atomic E-state index is 12.3. The van der Waals surface area contributed by atoms with E-state index in [1.165, 1.54) is 5.56 Å². The number of carboxylic acid groups (broad SMARTS) is 2. The average molecular weight is 469 g/mol. The number of carbonyl (C=O) groups is 3. The van der Waals surface area contributed by atoms with Crippen LogP contribution in [0.1, 0.15) is 44.9 Å². The molecule has 0 spiro atoms. The van der Waals surface area contributed by atoms with E-state index < -0.39 is 18.0 Å². The minimum Gasteiger partial charge on any atom is -0.481 e. The lowest BCUT2D eigenvalue weighted by Gasteiger charge is -2.41. The number of aromatic nitrogens is 2. The molecule has 1 amide bonds. The van der Waals surface area contributed by atoms with Crippen molar-refractivity contribution in [1.82, 2.24) is 14.3 Å². The van der Waals surface area contributed by atoms with Gasteiger partial charge < -0.3 is 25.2 Å². The molecule has 1 unspecified atom stereocenters. The number of rotatable bonds is 3. The van der Waals surface area contributed by atoms with Crippen molar-refractivity contribution in [2.24, 2.45) is 5.73 Å². The van der Waals surface area contributed by atoms with Crippen LogP contribution in [0.25, 0.3) is 5.65 Å². The number of carbonyl (C=O) groups excluding carboxylic acids is 1.